The van der Waals surface area contributed by atoms with Crippen molar-refractivity contribution in [3.8, 4) is 5.75 Å². The van der Waals surface area contributed by atoms with Crippen LogP contribution in [0.25, 0.3) is 10.9 Å². The van der Waals surface area contributed by atoms with E-state index < -0.39 is 11.6 Å². The molecule has 8 nitrogen and oxygen atoms in total. The lowest BCUT2D eigenvalue weighted by atomic mass is 9.45. The first kappa shape index (κ1) is 29.5. The van der Waals surface area contributed by atoms with Crippen LogP contribution in [0.3, 0.4) is 0 Å². The van der Waals surface area contributed by atoms with Gasteiger partial charge in [-0.05, 0) is 80.2 Å². The zero-order chi connectivity index (χ0) is 30.6. The summed E-state index contributed by atoms with van der Waals surface area (Å²) in [6, 6.07) is 9.53. The van der Waals surface area contributed by atoms with E-state index in [0.29, 0.717) is 52.0 Å². The van der Waals surface area contributed by atoms with Crippen LogP contribution in [-0.2, 0) is 13.7 Å². The predicted molar refractivity (Wildman–Crippen MR) is 165 cm³/mol. The smallest absolute Gasteiger partial charge is 0.261 e. The van der Waals surface area contributed by atoms with Gasteiger partial charge in [-0.25, -0.2) is 18.8 Å². The molecule has 6 atom stereocenters. The number of aromatic nitrogens is 2. The van der Waals surface area contributed by atoms with E-state index in [1.807, 2.05) is 12.1 Å². The Morgan fingerprint density at radius 3 is 2.53 bits per heavy atom. The Hall–Kier alpha value is -3.53. The summed E-state index contributed by atoms with van der Waals surface area (Å²) in [5.41, 5.74) is 1.45. The van der Waals surface area contributed by atoms with E-state index in [4.69, 9.17) is 14.7 Å². The standard InChI is InChI=1S/C33H42F2N6O2/c1-18-15-41(16-19(2)36-18)32(39-27-12-21-11-25(20(27)3)33(21,4)5)37-23-8-9-24-28(14-23)38-30(40(6)31(24)42)17-43-29-10-7-22(34)13-26(29)35/h7-10,13-14,18-21,25,27,36H,11-12,15-17H2,1-6H3,(H,37,39)/t18-,19+,20-,21+,25+,27?/m1/s1. The highest BCUT2D eigenvalue weighted by molar-refractivity contribution is 5.96. The van der Waals surface area contributed by atoms with Crippen LogP contribution in [0.5, 0.6) is 5.75 Å². The summed E-state index contributed by atoms with van der Waals surface area (Å²) in [4.78, 5) is 25.6. The zero-order valence-corrected chi connectivity index (χ0v) is 25.8. The van der Waals surface area contributed by atoms with Crippen molar-refractivity contribution in [2.45, 2.75) is 72.2 Å². The van der Waals surface area contributed by atoms with Gasteiger partial charge in [0.25, 0.3) is 5.56 Å². The first-order valence-corrected chi connectivity index (χ1v) is 15.3. The van der Waals surface area contributed by atoms with Gasteiger partial charge in [0.2, 0.25) is 0 Å². The molecule has 3 aliphatic carbocycles. The van der Waals surface area contributed by atoms with Crippen LogP contribution in [0.4, 0.5) is 14.5 Å². The molecule has 0 amide bonds. The van der Waals surface area contributed by atoms with Crippen molar-refractivity contribution < 1.29 is 13.5 Å². The summed E-state index contributed by atoms with van der Waals surface area (Å²) in [5.74, 6) is 1.47. The number of ether oxygens (including phenoxy) is 1. The quantitative estimate of drug-likeness (QED) is 0.309. The highest BCUT2D eigenvalue weighted by atomic mass is 19.1. The summed E-state index contributed by atoms with van der Waals surface area (Å²) in [5, 5.41) is 7.69. The minimum Gasteiger partial charge on any atom is -0.483 e. The Bertz CT molecular complexity index is 1610. The molecule has 3 saturated carbocycles. The second kappa shape index (κ2) is 11.2. The topological polar surface area (TPSA) is 83.8 Å². The lowest BCUT2D eigenvalue weighted by Crippen LogP contribution is -2.59. The average Bonchev–Trinajstić information content (AvgIpc) is 2.94. The molecule has 230 valence electrons. The largest absolute Gasteiger partial charge is 0.483 e. The van der Waals surface area contributed by atoms with Crippen LogP contribution >= 0.6 is 0 Å². The number of fused-ring (bicyclic) bond motifs is 3. The maximum Gasteiger partial charge on any atom is 0.261 e. The van der Waals surface area contributed by atoms with E-state index >= 15 is 0 Å². The number of guanidine groups is 1. The maximum atomic E-state index is 14.1. The van der Waals surface area contributed by atoms with Gasteiger partial charge >= 0.3 is 0 Å². The summed E-state index contributed by atoms with van der Waals surface area (Å²) in [6.07, 6.45) is 2.40. The van der Waals surface area contributed by atoms with Gasteiger partial charge in [-0.15, -0.1) is 0 Å². The van der Waals surface area contributed by atoms with Crippen LogP contribution in [0.1, 0.15) is 53.3 Å². The highest BCUT2D eigenvalue weighted by Gasteiger charge is 2.56. The molecule has 3 aromatic rings. The van der Waals surface area contributed by atoms with E-state index in [1.165, 1.54) is 17.1 Å². The monoisotopic (exact) mass is 592 g/mol. The zero-order valence-electron chi connectivity index (χ0n) is 25.8. The van der Waals surface area contributed by atoms with Crippen molar-refractivity contribution >= 4 is 22.5 Å². The lowest BCUT2D eigenvalue weighted by molar-refractivity contribution is -0.108. The molecular weight excluding hydrogens is 550 g/mol. The van der Waals surface area contributed by atoms with Crippen molar-refractivity contribution in [3.63, 3.8) is 0 Å². The van der Waals surface area contributed by atoms with E-state index in [9.17, 15) is 13.6 Å². The lowest BCUT2D eigenvalue weighted by Gasteiger charge is -2.61. The first-order valence-electron chi connectivity index (χ1n) is 15.3. The molecule has 0 radical (unpaired) electrons. The van der Waals surface area contributed by atoms with Gasteiger partial charge in [0, 0.05) is 44.0 Å². The maximum absolute atomic E-state index is 14.1. The number of anilines is 1. The Morgan fingerprint density at radius 2 is 1.86 bits per heavy atom. The summed E-state index contributed by atoms with van der Waals surface area (Å²) < 4.78 is 34.4. The second-order valence-corrected chi connectivity index (χ2v) is 13.5. The molecule has 4 aliphatic rings. The average molecular weight is 593 g/mol. The molecular formula is C33H42F2N6O2. The third-order valence-electron chi connectivity index (χ3n) is 10.1. The van der Waals surface area contributed by atoms with Gasteiger partial charge in [-0.1, -0.05) is 20.8 Å². The number of hydrogen-bond acceptors (Lipinski definition) is 5. The van der Waals surface area contributed by atoms with Crippen molar-refractivity contribution in [1.29, 1.82) is 0 Å². The number of hydrogen-bond donors (Lipinski definition) is 2. The van der Waals surface area contributed by atoms with Crippen LogP contribution in [0, 0.1) is 34.8 Å². The molecule has 1 aliphatic heterocycles. The number of piperazine rings is 1. The fourth-order valence-corrected chi connectivity index (χ4v) is 7.53. The number of benzene rings is 2. The Kier molecular flexibility index (Phi) is 7.69. The molecule has 7 rings (SSSR count). The van der Waals surface area contributed by atoms with E-state index in [-0.39, 0.29) is 24.0 Å². The number of rotatable bonds is 5. The molecule has 43 heavy (non-hydrogen) atoms. The van der Waals surface area contributed by atoms with Crippen molar-refractivity contribution in [2.24, 2.45) is 35.2 Å². The second-order valence-electron chi connectivity index (χ2n) is 13.5. The Morgan fingerprint density at radius 1 is 1.12 bits per heavy atom. The predicted octanol–water partition coefficient (Wildman–Crippen LogP) is 5.31. The van der Waals surface area contributed by atoms with Gasteiger partial charge in [-0.3, -0.25) is 9.36 Å². The van der Waals surface area contributed by atoms with Gasteiger partial charge in [0.1, 0.15) is 18.2 Å². The number of aliphatic imine (C=N–C) groups is 1. The normalized spacial score (nSPS) is 28.5. The first-order chi connectivity index (χ1) is 20.4. The SMILES string of the molecule is C[C@@H]1CN(C(=NC2C[C@@H]3C[C@@H]([C@H]2C)C3(C)C)Nc2ccc3c(=O)n(C)c(COc4ccc(F)cc4F)nc3c2)C[C@H](C)N1. The highest BCUT2D eigenvalue weighted by Crippen LogP contribution is 2.61. The molecule has 2 heterocycles. The summed E-state index contributed by atoms with van der Waals surface area (Å²) >= 11 is 0. The fraction of sp³-hybridized carbons (Fsp3) is 0.545. The minimum atomic E-state index is -0.811. The van der Waals surface area contributed by atoms with Crippen LogP contribution in [0.15, 0.2) is 46.2 Å². The third-order valence-corrected chi connectivity index (χ3v) is 10.1. The van der Waals surface area contributed by atoms with Crippen molar-refractivity contribution in [1.82, 2.24) is 19.8 Å². The molecule has 0 spiro atoms. The Labute approximate surface area is 251 Å². The number of halogens is 2. The van der Waals surface area contributed by atoms with Crippen LogP contribution < -0.4 is 20.9 Å². The molecule has 2 N–H and O–H groups in total. The molecule has 1 unspecified atom stereocenters. The van der Waals surface area contributed by atoms with E-state index in [1.54, 1.807) is 13.1 Å². The van der Waals surface area contributed by atoms with Crippen molar-refractivity contribution in [2.75, 3.05) is 18.4 Å². The molecule has 4 fully saturated rings. The number of nitrogens with one attached hydrogen (secondary N) is 2. The van der Waals surface area contributed by atoms with Gasteiger partial charge < -0.3 is 20.3 Å². The third kappa shape index (κ3) is 5.61. The van der Waals surface area contributed by atoms with E-state index in [2.05, 4.69) is 50.2 Å². The number of nitrogens with zero attached hydrogens (tertiary/aromatic N) is 4. The van der Waals surface area contributed by atoms with Gasteiger partial charge in [0.05, 0.1) is 16.9 Å². The summed E-state index contributed by atoms with van der Waals surface area (Å²) in [6.45, 7) is 13.1. The summed E-state index contributed by atoms with van der Waals surface area (Å²) in [7, 11) is 1.61. The van der Waals surface area contributed by atoms with Crippen molar-refractivity contribution in [3.05, 3.63) is 64.2 Å². The van der Waals surface area contributed by atoms with Gasteiger partial charge in [-0.2, -0.15) is 0 Å². The van der Waals surface area contributed by atoms with Crippen LogP contribution in [0.2, 0.25) is 0 Å². The molecule has 1 aromatic heterocycles. The fourth-order valence-electron chi connectivity index (χ4n) is 7.53. The molecule has 2 bridgehead atoms. The van der Waals surface area contributed by atoms with E-state index in [0.717, 1.165) is 43.3 Å². The Balaban J connectivity index is 1.30. The van der Waals surface area contributed by atoms with Gasteiger partial charge in [0.15, 0.2) is 17.5 Å². The minimum absolute atomic E-state index is 0.107. The molecule has 1 saturated heterocycles. The molecule has 2 aromatic carbocycles. The molecule has 10 heteroatoms. The van der Waals surface area contributed by atoms with Crippen LogP contribution in [-0.4, -0.2) is 51.6 Å².